The number of nitrogens with one attached hydrogen (secondary N) is 1. The van der Waals surface area contributed by atoms with Gasteiger partial charge in [-0.15, -0.1) is 0 Å². The van der Waals surface area contributed by atoms with E-state index >= 15 is 0 Å². The first-order valence-corrected chi connectivity index (χ1v) is 6.20. The molecular formula is C13H14F3KN2O2. The summed E-state index contributed by atoms with van der Waals surface area (Å²) in [6.07, 6.45) is -3.34. The van der Waals surface area contributed by atoms with Crippen LogP contribution in [-0.4, -0.2) is 30.1 Å². The number of alkyl halides is 3. The van der Waals surface area contributed by atoms with Gasteiger partial charge in [-0.3, -0.25) is 4.79 Å². The van der Waals surface area contributed by atoms with Crippen molar-refractivity contribution in [2.24, 2.45) is 0 Å². The van der Waals surface area contributed by atoms with Gasteiger partial charge in [0, 0.05) is 0 Å². The van der Waals surface area contributed by atoms with Gasteiger partial charge in [-0.1, -0.05) is 0 Å². The molecule has 1 saturated heterocycles. The predicted molar refractivity (Wildman–Crippen MR) is 66.4 cm³/mol. The molecule has 0 saturated carbocycles. The number of hydrogen-bond donors (Lipinski definition) is 0. The number of piperidine rings is 1. The van der Waals surface area contributed by atoms with Crippen LogP contribution in [0.15, 0.2) is 24.3 Å². The molecule has 0 bridgehead atoms. The van der Waals surface area contributed by atoms with Gasteiger partial charge in [-0.25, -0.2) is 0 Å². The van der Waals surface area contributed by atoms with E-state index in [4.69, 9.17) is 10.5 Å². The number of benzene rings is 1. The third kappa shape index (κ3) is 5.44. The van der Waals surface area contributed by atoms with E-state index in [1.165, 1.54) is 17.0 Å². The standard InChI is InChI=1S/C13H15F3N2O2.K/c14-13(15,16)9-1-3-10(4-2-9)20-11-5-7-18(8-6-11)12(17)19;/h1-4,11H,5-8H2,(H2,17,19);/q;+1/p-1. The number of rotatable bonds is 2. The summed E-state index contributed by atoms with van der Waals surface area (Å²) < 4.78 is 42.8. The molecule has 0 radical (unpaired) electrons. The van der Waals surface area contributed by atoms with Gasteiger partial charge in [-0.2, -0.15) is 13.2 Å². The Bertz CT molecular complexity index is 471. The molecular weight excluding hydrogens is 312 g/mol. The minimum atomic E-state index is -4.35. The number of hydrogen-bond acceptors (Lipinski definition) is 2. The van der Waals surface area contributed by atoms with E-state index in [-0.39, 0.29) is 57.5 Å². The fraction of sp³-hybridized carbons (Fsp3) is 0.462. The molecule has 0 unspecified atom stereocenters. The average Bonchev–Trinajstić information content (AvgIpc) is 2.39. The van der Waals surface area contributed by atoms with Crippen molar-refractivity contribution in [3.8, 4) is 5.75 Å². The van der Waals surface area contributed by atoms with Crippen molar-refractivity contribution in [3.63, 3.8) is 0 Å². The summed E-state index contributed by atoms with van der Waals surface area (Å²) in [5.74, 6) is 0.383. The third-order valence-electron chi connectivity index (χ3n) is 3.21. The molecule has 1 aromatic carbocycles. The summed E-state index contributed by atoms with van der Waals surface area (Å²) in [6, 6.07) is 3.85. The molecule has 8 heteroatoms. The predicted octanol–water partition coefficient (Wildman–Crippen LogP) is 0.725. The Morgan fingerprint density at radius 1 is 1.19 bits per heavy atom. The van der Waals surface area contributed by atoms with Crippen LogP contribution in [0, 0.1) is 0 Å². The van der Waals surface area contributed by atoms with Gasteiger partial charge in [0.25, 0.3) is 0 Å². The van der Waals surface area contributed by atoms with Gasteiger partial charge >= 0.3 is 57.6 Å². The molecule has 1 heterocycles. The number of ether oxygens (including phenoxy) is 1. The molecule has 2 amide bonds. The fourth-order valence-electron chi connectivity index (χ4n) is 2.09. The quantitative estimate of drug-likeness (QED) is 0.752. The molecule has 0 aliphatic carbocycles. The first kappa shape index (κ1) is 18.8. The number of carbonyl (C=O) groups is 1. The SMILES string of the molecule is [K+].[NH-]C(=O)N1CCC(Oc2ccc(C(F)(F)F)cc2)CC1. The van der Waals surface area contributed by atoms with Crippen molar-refractivity contribution < 1.29 is 74.1 Å². The molecule has 1 aliphatic heterocycles. The van der Waals surface area contributed by atoms with Gasteiger partial charge in [0.1, 0.15) is 5.75 Å². The van der Waals surface area contributed by atoms with Crippen molar-refractivity contribution in [3.05, 3.63) is 35.6 Å². The Labute approximate surface area is 163 Å². The topological polar surface area (TPSA) is 53.3 Å². The first-order valence-electron chi connectivity index (χ1n) is 6.20. The van der Waals surface area contributed by atoms with Crippen LogP contribution in [0.4, 0.5) is 18.0 Å². The number of amides is 2. The molecule has 0 spiro atoms. The molecule has 1 fully saturated rings. The summed E-state index contributed by atoms with van der Waals surface area (Å²) in [5.41, 5.74) is 6.27. The van der Waals surface area contributed by atoms with Crippen molar-refractivity contribution >= 4 is 6.03 Å². The second kappa shape index (κ2) is 7.82. The molecule has 4 nitrogen and oxygen atoms in total. The van der Waals surface area contributed by atoms with Gasteiger partial charge in [-0.05, 0) is 50.2 Å². The van der Waals surface area contributed by atoms with E-state index in [9.17, 15) is 18.0 Å². The zero-order valence-corrected chi connectivity index (χ0v) is 14.7. The summed E-state index contributed by atoms with van der Waals surface area (Å²) in [5, 5.41) is 0. The fourth-order valence-corrected chi connectivity index (χ4v) is 2.09. The van der Waals surface area contributed by atoms with Crippen LogP contribution in [0.5, 0.6) is 5.75 Å². The normalized spacial score (nSPS) is 16.2. The maximum Gasteiger partial charge on any atom is 1.00 e. The Balaban J connectivity index is 0.00000220. The monoisotopic (exact) mass is 326 g/mol. The van der Waals surface area contributed by atoms with Crippen molar-refractivity contribution in [1.82, 2.24) is 4.90 Å². The minimum absolute atomic E-state index is 0. The number of urea groups is 1. The van der Waals surface area contributed by atoms with Gasteiger partial charge in [0.2, 0.25) is 0 Å². The zero-order valence-electron chi connectivity index (χ0n) is 11.6. The largest absolute Gasteiger partial charge is 1.00 e. The molecule has 110 valence electrons. The Hall–Kier alpha value is -0.284. The zero-order chi connectivity index (χ0) is 14.8. The second-order valence-electron chi connectivity index (χ2n) is 4.63. The number of likely N-dealkylation sites (tertiary alicyclic amines) is 1. The molecule has 1 aliphatic rings. The Morgan fingerprint density at radius 3 is 2.14 bits per heavy atom. The molecule has 0 aromatic heterocycles. The van der Waals surface area contributed by atoms with E-state index in [0.717, 1.165) is 12.1 Å². The maximum atomic E-state index is 12.4. The van der Waals surface area contributed by atoms with Crippen LogP contribution < -0.4 is 56.1 Å². The first-order chi connectivity index (χ1) is 9.36. The molecule has 1 N–H and O–H groups in total. The Kier molecular flexibility index (Phi) is 6.99. The average molecular weight is 326 g/mol. The van der Waals surface area contributed by atoms with Gasteiger partial charge in [0.15, 0.2) is 6.03 Å². The molecule has 2 rings (SSSR count). The summed E-state index contributed by atoms with van der Waals surface area (Å²) >= 11 is 0. The van der Waals surface area contributed by atoms with Crippen LogP contribution in [0.1, 0.15) is 18.4 Å². The number of nitrogens with zero attached hydrogens (tertiary/aromatic N) is 1. The number of carbonyl (C=O) groups excluding carboxylic acids is 1. The number of halogens is 3. The summed E-state index contributed by atoms with van der Waals surface area (Å²) in [7, 11) is 0. The van der Waals surface area contributed by atoms with Crippen molar-refractivity contribution in [1.29, 1.82) is 0 Å². The van der Waals surface area contributed by atoms with Crippen LogP contribution in [0.25, 0.3) is 5.73 Å². The van der Waals surface area contributed by atoms with Crippen LogP contribution in [0.3, 0.4) is 0 Å². The van der Waals surface area contributed by atoms with E-state index in [2.05, 4.69) is 0 Å². The summed E-state index contributed by atoms with van der Waals surface area (Å²) in [4.78, 5) is 12.2. The van der Waals surface area contributed by atoms with Crippen LogP contribution in [-0.2, 0) is 6.18 Å². The smallest absolute Gasteiger partial charge is 0.490 e. The maximum absolute atomic E-state index is 12.4. The summed E-state index contributed by atoms with van der Waals surface area (Å²) in [6.45, 7) is 0.876. The van der Waals surface area contributed by atoms with E-state index in [1.807, 2.05) is 0 Å². The van der Waals surface area contributed by atoms with E-state index in [0.29, 0.717) is 31.7 Å². The van der Waals surface area contributed by atoms with Crippen LogP contribution in [0.2, 0.25) is 0 Å². The molecule has 1 aromatic rings. The molecule has 21 heavy (non-hydrogen) atoms. The van der Waals surface area contributed by atoms with Crippen LogP contribution >= 0.6 is 0 Å². The second-order valence-corrected chi connectivity index (χ2v) is 4.63. The van der Waals surface area contributed by atoms with Crippen molar-refractivity contribution in [2.75, 3.05) is 13.1 Å². The van der Waals surface area contributed by atoms with Gasteiger partial charge in [0.05, 0.1) is 11.7 Å². The van der Waals surface area contributed by atoms with E-state index < -0.39 is 17.8 Å². The Morgan fingerprint density at radius 2 is 1.71 bits per heavy atom. The van der Waals surface area contributed by atoms with Crippen molar-refractivity contribution in [2.45, 2.75) is 25.1 Å². The van der Waals surface area contributed by atoms with Gasteiger partial charge < -0.3 is 15.4 Å². The third-order valence-corrected chi connectivity index (χ3v) is 3.21. The van der Waals surface area contributed by atoms with E-state index in [1.54, 1.807) is 0 Å². The molecule has 0 atom stereocenters. The minimum Gasteiger partial charge on any atom is -0.490 e.